The third kappa shape index (κ3) is 2.35. The molecule has 8 nitrogen and oxygen atoms in total. The van der Waals surface area contributed by atoms with Crippen LogP contribution in [0.25, 0.3) is 11.5 Å². The second-order valence-corrected chi connectivity index (χ2v) is 4.63. The zero-order valence-corrected chi connectivity index (χ0v) is 12.4. The number of fused-ring (bicyclic) bond motifs is 1. The molecule has 3 rings (SSSR count). The Morgan fingerprint density at radius 3 is 2.74 bits per heavy atom. The summed E-state index contributed by atoms with van der Waals surface area (Å²) in [6, 6.07) is 5.79. The molecular formula is C14H12FN5O3. The maximum Gasteiger partial charge on any atom is 0.376 e. The molecule has 0 bridgehead atoms. The molecule has 0 radical (unpaired) electrons. The van der Waals surface area contributed by atoms with Crippen molar-refractivity contribution >= 4 is 11.7 Å². The second kappa shape index (κ2) is 5.59. The lowest BCUT2D eigenvalue weighted by molar-refractivity contribution is 0.0509. The van der Waals surface area contributed by atoms with E-state index in [9.17, 15) is 14.0 Å². The molecule has 1 aromatic carbocycles. The lowest BCUT2D eigenvalue weighted by Crippen LogP contribution is -2.23. The Morgan fingerprint density at radius 1 is 1.30 bits per heavy atom. The van der Waals surface area contributed by atoms with Crippen molar-refractivity contribution in [3.8, 4) is 5.69 Å². The van der Waals surface area contributed by atoms with Gasteiger partial charge >= 0.3 is 5.97 Å². The minimum atomic E-state index is -0.804. The van der Waals surface area contributed by atoms with Gasteiger partial charge in [0.25, 0.3) is 11.3 Å². The summed E-state index contributed by atoms with van der Waals surface area (Å²) in [6.07, 6.45) is 0. The number of hydrogen-bond donors (Lipinski definition) is 0. The van der Waals surface area contributed by atoms with E-state index >= 15 is 0 Å². The third-order valence-electron chi connectivity index (χ3n) is 3.14. The number of ether oxygens (including phenoxy) is 1. The van der Waals surface area contributed by atoms with Crippen molar-refractivity contribution in [3.63, 3.8) is 0 Å². The smallest absolute Gasteiger partial charge is 0.376 e. The number of nitrogens with zero attached hydrogens (tertiary/aromatic N) is 5. The van der Waals surface area contributed by atoms with E-state index in [-0.39, 0.29) is 29.6 Å². The standard InChI is InChI=1S/C14H12FN5O3/c1-3-23-13(22)11-18-20(10-7-5-4-6-9(10)15)14-17-16-8(2)12(21)19(11)14/h4-7H,3H2,1-2H3. The average molecular weight is 317 g/mol. The largest absolute Gasteiger partial charge is 0.460 e. The van der Waals surface area contributed by atoms with E-state index in [1.54, 1.807) is 13.0 Å². The molecule has 0 N–H and O–H groups in total. The normalized spacial score (nSPS) is 10.9. The highest BCUT2D eigenvalue weighted by Crippen LogP contribution is 2.15. The summed E-state index contributed by atoms with van der Waals surface area (Å²) < 4.78 is 20.9. The van der Waals surface area contributed by atoms with E-state index in [1.165, 1.54) is 25.1 Å². The summed E-state index contributed by atoms with van der Waals surface area (Å²) in [6.45, 7) is 3.19. The van der Waals surface area contributed by atoms with Crippen molar-refractivity contribution in [2.75, 3.05) is 6.61 Å². The highest BCUT2D eigenvalue weighted by molar-refractivity contribution is 5.86. The van der Waals surface area contributed by atoms with E-state index in [0.717, 1.165) is 9.08 Å². The van der Waals surface area contributed by atoms with E-state index < -0.39 is 17.3 Å². The maximum absolute atomic E-state index is 14.0. The van der Waals surface area contributed by atoms with Gasteiger partial charge in [-0.2, -0.15) is 4.68 Å². The molecule has 0 atom stereocenters. The number of esters is 1. The van der Waals surface area contributed by atoms with Crippen LogP contribution in [0.15, 0.2) is 29.1 Å². The quantitative estimate of drug-likeness (QED) is 0.667. The number of benzene rings is 1. The Morgan fingerprint density at radius 2 is 2.04 bits per heavy atom. The molecule has 23 heavy (non-hydrogen) atoms. The zero-order chi connectivity index (χ0) is 16.6. The van der Waals surface area contributed by atoms with Crippen molar-refractivity contribution in [1.29, 1.82) is 0 Å². The van der Waals surface area contributed by atoms with Gasteiger partial charge in [0.05, 0.1) is 6.61 Å². The zero-order valence-electron chi connectivity index (χ0n) is 12.4. The van der Waals surface area contributed by atoms with Gasteiger partial charge in [0.15, 0.2) is 0 Å². The number of aromatic nitrogens is 5. The molecule has 3 aromatic rings. The predicted molar refractivity (Wildman–Crippen MR) is 77.0 cm³/mol. The van der Waals surface area contributed by atoms with Crippen molar-refractivity contribution in [2.45, 2.75) is 13.8 Å². The fourth-order valence-corrected chi connectivity index (χ4v) is 2.08. The van der Waals surface area contributed by atoms with E-state index in [2.05, 4.69) is 15.3 Å². The van der Waals surface area contributed by atoms with Crippen LogP contribution in [-0.2, 0) is 4.74 Å². The van der Waals surface area contributed by atoms with Gasteiger partial charge in [-0.15, -0.1) is 15.3 Å². The number of hydrogen-bond acceptors (Lipinski definition) is 6. The summed E-state index contributed by atoms with van der Waals surface area (Å²) in [7, 11) is 0. The molecule has 9 heteroatoms. The van der Waals surface area contributed by atoms with E-state index in [0.29, 0.717) is 0 Å². The molecule has 0 spiro atoms. The third-order valence-corrected chi connectivity index (χ3v) is 3.14. The number of aryl methyl sites for hydroxylation is 1. The first-order valence-corrected chi connectivity index (χ1v) is 6.81. The molecule has 0 fully saturated rings. The topological polar surface area (TPSA) is 91.4 Å². The minimum Gasteiger partial charge on any atom is -0.460 e. The first-order chi connectivity index (χ1) is 11.0. The number of carbonyl (C=O) groups is 1. The average Bonchev–Trinajstić information content (AvgIpc) is 2.92. The Labute approximate surface area is 129 Å². The van der Waals surface area contributed by atoms with Crippen LogP contribution >= 0.6 is 0 Å². The number of para-hydroxylation sites is 1. The second-order valence-electron chi connectivity index (χ2n) is 4.63. The first kappa shape index (κ1) is 14.8. The van der Waals surface area contributed by atoms with Crippen molar-refractivity contribution in [1.82, 2.24) is 24.4 Å². The van der Waals surface area contributed by atoms with Gasteiger partial charge < -0.3 is 4.74 Å². The van der Waals surface area contributed by atoms with E-state index in [1.807, 2.05) is 0 Å². The van der Waals surface area contributed by atoms with E-state index in [4.69, 9.17) is 4.74 Å². The van der Waals surface area contributed by atoms with Gasteiger partial charge in [-0.25, -0.2) is 13.6 Å². The van der Waals surface area contributed by atoms with Crippen LogP contribution < -0.4 is 5.56 Å². The lowest BCUT2D eigenvalue weighted by atomic mass is 10.3. The van der Waals surface area contributed by atoms with Gasteiger partial charge in [0.1, 0.15) is 17.2 Å². The Kier molecular flexibility index (Phi) is 3.61. The molecule has 0 aliphatic rings. The summed E-state index contributed by atoms with van der Waals surface area (Å²) in [5, 5.41) is 11.6. The van der Waals surface area contributed by atoms with Crippen LogP contribution in [0.5, 0.6) is 0 Å². The lowest BCUT2D eigenvalue weighted by Gasteiger charge is -2.02. The molecule has 0 amide bonds. The van der Waals surface area contributed by atoms with Gasteiger partial charge in [-0.1, -0.05) is 12.1 Å². The Bertz CT molecular complexity index is 963. The summed E-state index contributed by atoms with van der Waals surface area (Å²) in [5.74, 6) is -1.74. The van der Waals surface area contributed by atoms with Gasteiger partial charge in [-0.05, 0) is 26.0 Å². The fourth-order valence-electron chi connectivity index (χ4n) is 2.08. The van der Waals surface area contributed by atoms with Crippen molar-refractivity contribution in [2.24, 2.45) is 0 Å². The SMILES string of the molecule is CCOC(=O)c1nn(-c2ccccc2F)c2nnc(C)c(=O)n12. The highest BCUT2D eigenvalue weighted by Gasteiger charge is 2.23. The van der Waals surface area contributed by atoms with Crippen LogP contribution in [-0.4, -0.2) is 37.0 Å². The predicted octanol–water partition coefficient (Wildman–Crippen LogP) is 0.899. The van der Waals surface area contributed by atoms with Crippen LogP contribution in [0.4, 0.5) is 4.39 Å². The molecule has 2 aromatic heterocycles. The van der Waals surface area contributed by atoms with Crippen LogP contribution in [0.1, 0.15) is 23.2 Å². The summed E-state index contributed by atoms with van der Waals surface area (Å²) in [5.41, 5.74) is -0.445. The molecule has 0 saturated carbocycles. The molecule has 0 aliphatic heterocycles. The van der Waals surface area contributed by atoms with Gasteiger partial charge in [-0.3, -0.25) is 4.79 Å². The highest BCUT2D eigenvalue weighted by atomic mass is 19.1. The molecule has 0 unspecified atom stereocenters. The molecule has 118 valence electrons. The molecule has 0 saturated heterocycles. The monoisotopic (exact) mass is 317 g/mol. The Balaban J connectivity index is 2.37. The molecular weight excluding hydrogens is 305 g/mol. The Hall–Kier alpha value is -3.10. The van der Waals surface area contributed by atoms with Gasteiger partial charge in [0, 0.05) is 0 Å². The van der Waals surface area contributed by atoms with Crippen LogP contribution in [0.2, 0.25) is 0 Å². The summed E-state index contributed by atoms with van der Waals surface area (Å²) >= 11 is 0. The number of rotatable bonds is 3. The summed E-state index contributed by atoms with van der Waals surface area (Å²) in [4.78, 5) is 24.3. The minimum absolute atomic E-state index is 0.0399. The first-order valence-electron chi connectivity index (χ1n) is 6.81. The van der Waals surface area contributed by atoms with Crippen molar-refractivity contribution in [3.05, 3.63) is 52.0 Å². The van der Waals surface area contributed by atoms with Gasteiger partial charge in [0.2, 0.25) is 5.82 Å². The maximum atomic E-state index is 14.0. The number of carbonyl (C=O) groups excluding carboxylic acids is 1. The fraction of sp³-hybridized carbons (Fsp3) is 0.214. The number of halogens is 1. The van der Waals surface area contributed by atoms with Crippen molar-refractivity contribution < 1.29 is 13.9 Å². The van der Waals surface area contributed by atoms with Crippen LogP contribution in [0.3, 0.4) is 0 Å². The molecule has 0 aliphatic carbocycles. The van der Waals surface area contributed by atoms with Crippen LogP contribution in [0, 0.1) is 12.7 Å². The molecule has 2 heterocycles.